The molecule has 3 rings (SSSR count). The number of carbonyl (C=O) groups is 2. The van der Waals surface area contributed by atoms with Gasteiger partial charge < -0.3 is 15.1 Å². The molecule has 32 heavy (non-hydrogen) atoms. The Morgan fingerprint density at radius 1 is 0.969 bits per heavy atom. The van der Waals surface area contributed by atoms with Gasteiger partial charge in [-0.2, -0.15) is 5.10 Å². The second-order valence-electron chi connectivity index (χ2n) is 7.59. The van der Waals surface area contributed by atoms with E-state index in [4.69, 9.17) is 4.42 Å². The van der Waals surface area contributed by atoms with Crippen LogP contribution in [0.15, 0.2) is 34.9 Å². The molecule has 2 heterocycles. The Morgan fingerprint density at radius 2 is 1.59 bits per heavy atom. The summed E-state index contributed by atoms with van der Waals surface area (Å²) < 4.78 is 5.69. The van der Waals surface area contributed by atoms with E-state index in [9.17, 15) is 9.59 Å². The highest BCUT2D eigenvalue weighted by Gasteiger charge is 2.18. The molecule has 0 aliphatic carbocycles. The zero-order valence-corrected chi connectivity index (χ0v) is 18.9. The lowest BCUT2D eigenvalue weighted by Crippen LogP contribution is -2.34. The molecule has 170 valence electrons. The summed E-state index contributed by atoms with van der Waals surface area (Å²) in [7, 11) is 0. The molecule has 2 amide bonds. The first kappa shape index (κ1) is 23.2. The molecule has 0 saturated carbocycles. The summed E-state index contributed by atoms with van der Waals surface area (Å²) in [6, 6.07) is 7.48. The van der Waals surface area contributed by atoms with E-state index in [0.717, 1.165) is 25.7 Å². The van der Waals surface area contributed by atoms with E-state index < -0.39 is 0 Å². The van der Waals surface area contributed by atoms with Crippen molar-refractivity contribution < 1.29 is 14.0 Å². The highest BCUT2D eigenvalue weighted by atomic mass is 16.4. The van der Waals surface area contributed by atoms with E-state index in [0.29, 0.717) is 22.8 Å². The smallest absolute Gasteiger partial charge is 0.288 e. The molecule has 0 aliphatic rings. The molecule has 1 aromatic carbocycles. The first-order valence-corrected chi connectivity index (χ1v) is 11.1. The number of oxazole rings is 1. The number of hydrogen-bond donors (Lipinski definition) is 3. The van der Waals surface area contributed by atoms with E-state index in [1.807, 2.05) is 45.9 Å². The average molecular weight is 439 g/mol. The number of carbonyl (C=O) groups excluding carboxylic acids is 2. The maximum Gasteiger partial charge on any atom is 0.288 e. The third-order valence-electron chi connectivity index (χ3n) is 5.44. The maximum atomic E-state index is 12.4. The molecule has 0 fully saturated rings. The summed E-state index contributed by atoms with van der Waals surface area (Å²) >= 11 is 0. The Balaban J connectivity index is 1.76. The minimum atomic E-state index is -0.283. The van der Waals surface area contributed by atoms with Gasteiger partial charge in [0.15, 0.2) is 5.82 Å². The van der Waals surface area contributed by atoms with Crippen LogP contribution in [0, 0.1) is 0 Å². The Hall–Kier alpha value is -3.49. The Kier molecular flexibility index (Phi) is 7.75. The van der Waals surface area contributed by atoms with E-state index in [-0.39, 0.29) is 35.5 Å². The Morgan fingerprint density at radius 3 is 2.25 bits per heavy atom. The highest BCUT2D eigenvalue weighted by Crippen LogP contribution is 2.24. The Bertz CT molecular complexity index is 970. The van der Waals surface area contributed by atoms with Crippen molar-refractivity contribution in [2.24, 2.45) is 0 Å². The van der Waals surface area contributed by atoms with Gasteiger partial charge in [-0.15, -0.1) is 0 Å². The van der Waals surface area contributed by atoms with Crippen LogP contribution in [-0.2, 0) is 0 Å². The lowest BCUT2D eigenvalue weighted by Gasteiger charge is -2.12. The molecule has 9 heteroatoms. The van der Waals surface area contributed by atoms with Crippen LogP contribution in [0.3, 0.4) is 0 Å². The van der Waals surface area contributed by atoms with Crippen molar-refractivity contribution >= 4 is 11.8 Å². The molecule has 2 aromatic heterocycles. The zero-order valence-electron chi connectivity index (χ0n) is 18.9. The number of rotatable bonds is 10. The largest absolute Gasteiger partial charge is 0.431 e. The van der Waals surface area contributed by atoms with Crippen LogP contribution in [0.5, 0.6) is 0 Å². The first-order chi connectivity index (χ1) is 15.5. The monoisotopic (exact) mass is 438 g/mol. The number of H-pyrrole nitrogens is 1. The van der Waals surface area contributed by atoms with Gasteiger partial charge in [-0.05, 0) is 37.8 Å². The number of amides is 2. The van der Waals surface area contributed by atoms with Gasteiger partial charge in [0.2, 0.25) is 17.5 Å². The third-order valence-corrected chi connectivity index (χ3v) is 5.44. The van der Waals surface area contributed by atoms with Crippen molar-refractivity contribution in [2.45, 2.75) is 65.5 Å². The van der Waals surface area contributed by atoms with Gasteiger partial charge in [0, 0.05) is 23.2 Å². The topological polar surface area (TPSA) is 126 Å². The van der Waals surface area contributed by atoms with Gasteiger partial charge >= 0.3 is 0 Å². The third kappa shape index (κ3) is 5.40. The van der Waals surface area contributed by atoms with Crippen LogP contribution in [0.4, 0.5) is 0 Å². The van der Waals surface area contributed by atoms with Crippen LogP contribution in [-0.4, -0.2) is 44.1 Å². The second kappa shape index (κ2) is 10.7. The fourth-order valence-electron chi connectivity index (χ4n) is 3.29. The van der Waals surface area contributed by atoms with Crippen LogP contribution < -0.4 is 10.6 Å². The van der Waals surface area contributed by atoms with E-state index in [2.05, 4.69) is 30.8 Å². The quantitative estimate of drug-likeness (QED) is 0.440. The zero-order chi connectivity index (χ0) is 23.1. The van der Waals surface area contributed by atoms with E-state index in [1.165, 1.54) is 6.20 Å². The molecule has 3 aromatic rings. The van der Waals surface area contributed by atoms with Gasteiger partial charge in [0.25, 0.3) is 11.8 Å². The second-order valence-corrected chi connectivity index (χ2v) is 7.59. The van der Waals surface area contributed by atoms with Crippen molar-refractivity contribution in [1.82, 2.24) is 30.8 Å². The fourth-order valence-corrected chi connectivity index (χ4v) is 3.29. The van der Waals surface area contributed by atoms with E-state index >= 15 is 0 Å². The molecule has 0 aliphatic heterocycles. The van der Waals surface area contributed by atoms with Gasteiger partial charge in [-0.1, -0.05) is 39.8 Å². The van der Waals surface area contributed by atoms with Crippen LogP contribution in [0.25, 0.3) is 22.8 Å². The molecule has 0 bridgehead atoms. The van der Waals surface area contributed by atoms with Gasteiger partial charge in [-0.25, -0.2) is 9.97 Å². The van der Waals surface area contributed by atoms with Crippen molar-refractivity contribution in [3.05, 3.63) is 42.0 Å². The fraction of sp³-hybridized carbons (Fsp3) is 0.435. The number of hydrogen-bond acceptors (Lipinski definition) is 6. The standard InChI is InChI=1S/C23H30N6O3/c1-5-16(6-2)25-21(30)18-13-24-23(32-18)15-11-9-10-14(12-15)19-27-20(29-28-19)22(31)26-17(7-3)8-4/h9-13,16-17H,5-8H2,1-4H3,(H,25,30)(H,26,31)(H,27,28,29). The van der Waals surface area contributed by atoms with Gasteiger partial charge in [0.1, 0.15) is 0 Å². The molecule has 0 unspecified atom stereocenters. The van der Waals surface area contributed by atoms with Crippen molar-refractivity contribution in [3.63, 3.8) is 0 Å². The number of nitrogens with one attached hydrogen (secondary N) is 3. The summed E-state index contributed by atoms with van der Waals surface area (Å²) in [4.78, 5) is 33.3. The van der Waals surface area contributed by atoms with Gasteiger partial charge in [0.05, 0.1) is 6.20 Å². The minimum absolute atomic E-state index is 0.0979. The maximum absolute atomic E-state index is 12.4. The molecular weight excluding hydrogens is 408 g/mol. The van der Waals surface area contributed by atoms with Crippen molar-refractivity contribution in [2.75, 3.05) is 0 Å². The number of aromatic nitrogens is 4. The highest BCUT2D eigenvalue weighted by molar-refractivity contribution is 5.92. The predicted molar refractivity (Wildman–Crippen MR) is 121 cm³/mol. The average Bonchev–Trinajstić information content (AvgIpc) is 3.51. The SMILES string of the molecule is CCC(CC)NC(=O)c1nc(-c2cccc(-c3ncc(C(=O)NC(CC)CC)o3)c2)n[nH]1. The number of benzene rings is 1. The van der Waals surface area contributed by atoms with Gasteiger partial charge in [-0.3, -0.25) is 14.7 Å². The molecule has 9 nitrogen and oxygen atoms in total. The van der Waals surface area contributed by atoms with E-state index in [1.54, 1.807) is 6.07 Å². The summed E-state index contributed by atoms with van der Waals surface area (Å²) in [6.07, 6.45) is 4.81. The Labute approximate surface area is 187 Å². The molecule has 3 N–H and O–H groups in total. The summed E-state index contributed by atoms with van der Waals surface area (Å²) in [5.74, 6) is 0.470. The number of aromatic amines is 1. The van der Waals surface area contributed by atoms with Crippen LogP contribution >= 0.6 is 0 Å². The molecule has 0 spiro atoms. The molecular formula is C23H30N6O3. The molecule has 0 saturated heterocycles. The van der Waals surface area contributed by atoms with Crippen molar-refractivity contribution in [1.29, 1.82) is 0 Å². The number of nitrogens with zero attached hydrogens (tertiary/aromatic N) is 3. The summed E-state index contributed by atoms with van der Waals surface area (Å²) in [6.45, 7) is 8.09. The molecule has 0 atom stereocenters. The molecule has 0 radical (unpaired) electrons. The first-order valence-electron chi connectivity index (χ1n) is 11.1. The lowest BCUT2D eigenvalue weighted by molar-refractivity contribution is 0.0904. The van der Waals surface area contributed by atoms with Crippen LogP contribution in [0.2, 0.25) is 0 Å². The lowest BCUT2D eigenvalue weighted by atomic mass is 10.1. The minimum Gasteiger partial charge on any atom is -0.431 e. The normalized spacial score (nSPS) is 11.2. The van der Waals surface area contributed by atoms with Crippen LogP contribution in [0.1, 0.15) is 74.6 Å². The summed E-state index contributed by atoms with van der Waals surface area (Å²) in [5, 5.41) is 12.7. The van der Waals surface area contributed by atoms with Crippen molar-refractivity contribution in [3.8, 4) is 22.8 Å². The predicted octanol–water partition coefficient (Wildman–Crippen LogP) is 3.96. The summed E-state index contributed by atoms with van der Waals surface area (Å²) in [5.41, 5.74) is 1.37.